The summed E-state index contributed by atoms with van der Waals surface area (Å²) >= 11 is 0. The van der Waals surface area contributed by atoms with E-state index in [1.807, 2.05) is 46.0 Å². The Morgan fingerprint density at radius 3 is 2.49 bits per heavy atom. The van der Waals surface area contributed by atoms with Gasteiger partial charge in [-0.3, -0.25) is 19.9 Å². The maximum Gasteiger partial charge on any atom is 0.251 e. The Labute approximate surface area is 278 Å². The number of hydrogen-bond acceptors (Lipinski definition) is 8. The average Bonchev–Trinajstić information content (AvgIpc) is 3.79. The van der Waals surface area contributed by atoms with Crippen LogP contribution in [0.4, 0.5) is 0 Å². The van der Waals surface area contributed by atoms with E-state index in [2.05, 4.69) is 51.2 Å². The molecule has 5 atom stereocenters. The van der Waals surface area contributed by atoms with E-state index in [0.717, 1.165) is 46.4 Å². The fourth-order valence-electron chi connectivity index (χ4n) is 7.25. The van der Waals surface area contributed by atoms with Gasteiger partial charge in [0.1, 0.15) is 18.6 Å². The number of aliphatic imine (C=N–C) groups is 1. The van der Waals surface area contributed by atoms with Gasteiger partial charge < -0.3 is 26.0 Å². The molecule has 2 aromatic carbocycles. The smallest absolute Gasteiger partial charge is 0.251 e. The summed E-state index contributed by atoms with van der Waals surface area (Å²) in [6.07, 6.45) is 3.53. The van der Waals surface area contributed by atoms with Crippen molar-refractivity contribution in [2.24, 2.45) is 10.9 Å². The van der Waals surface area contributed by atoms with Crippen LogP contribution >= 0.6 is 0 Å². The molecule has 1 saturated carbocycles. The highest BCUT2D eigenvalue weighted by atomic mass is 16.6. The van der Waals surface area contributed by atoms with Crippen LogP contribution in [-0.2, 0) is 27.9 Å². The number of carbonyl (C=O) groups is 2. The van der Waals surface area contributed by atoms with Gasteiger partial charge in [-0.1, -0.05) is 38.6 Å². The zero-order valence-electron chi connectivity index (χ0n) is 28.4. The van der Waals surface area contributed by atoms with Gasteiger partial charge in [-0.25, -0.2) is 4.99 Å². The van der Waals surface area contributed by atoms with Gasteiger partial charge >= 0.3 is 0 Å². The van der Waals surface area contributed by atoms with Gasteiger partial charge in [0.25, 0.3) is 5.91 Å². The van der Waals surface area contributed by atoms with Crippen LogP contribution in [-0.4, -0.2) is 80.3 Å². The van der Waals surface area contributed by atoms with E-state index in [4.69, 9.17) is 4.84 Å². The van der Waals surface area contributed by atoms with Gasteiger partial charge in [0.2, 0.25) is 5.91 Å². The van der Waals surface area contributed by atoms with Crippen molar-refractivity contribution >= 4 is 23.3 Å². The van der Waals surface area contributed by atoms with E-state index in [1.54, 1.807) is 18.0 Å². The van der Waals surface area contributed by atoms with E-state index in [0.29, 0.717) is 36.6 Å². The van der Waals surface area contributed by atoms with Gasteiger partial charge in [-0.15, -0.1) is 0 Å². The molecule has 252 valence electrons. The molecule has 1 heterocycles. The maximum atomic E-state index is 13.4. The molecule has 47 heavy (non-hydrogen) atoms. The number of nitriles is 1. The lowest BCUT2D eigenvalue weighted by atomic mass is 9.67. The topological polar surface area (TPSA) is 151 Å². The van der Waals surface area contributed by atoms with Crippen molar-refractivity contribution < 1.29 is 19.5 Å². The SMILES string of the molecule is C=C(NC)c1ccc2c(c1)C(C[C@@H](C)NCC(=O)N1C(C#N)CC3CC31)(/C(=N/CO)NOC)c1ccc(C(=O)NC)cc1CC2.CC. The summed E-state index contributed by atoms with van der Waals surface area (Å²) in [4.78, 5) is 37.8. The lowest BCUT2D eigenvalue weighted by molar-refractivity contribution is -0.131. The van der Waals surface area contributed by atoms with Crippen LogP contribution in [0.15, 0.2) is 48.0 Å². The molecule has 11 heteroatoms. The first-order chi connectivity index (χ1) is 22.7. The number of aryl methyl sites for hydroxylation is 2. The number of rotatable bonds is 11. The number of amidine groups is 1. The average molecular weight is 644 g/mol. The second-order valence-corrected chi connectivity index (χ2v) is 12.1. The summed E-state index contributed by atoms with van der Waals surface area (Å²) in [5.74, 6) is 0.593. The molecule has 3 aliphatic rings. The Hall–Kier alpha value is -4.24. The molecule has 5 rings (SSSR count). The summed E-state index contributed by atoms with van der Waals surface area (Å²) < 4.78 is 0. The molecule has 2 aromatic rings. The number of carbonyl (C=O) groups excluding carboxylic acids is 2. The lowest BCUT2D eigenvalue weighted by Crippen LogP contribution is -2.51. The standard InChI is InChI=1S/C34H43N7O4.C2H6/c1-20(38-18-31(43)41-27(17-35)13-26-15-30(26)41)16-34(33(39-19-42)40-45-5)28-11-10-25(32(44)37-4)12-24(28)9-7-22-6-8-23(14-29(22)34)21(2)36-3;1-2/h6,8,10-12,14,20,26-27,30,36,38,42H,2,7,9,13,15-16,18-19H2,1,3-5H3,(H,37,44)(H,39,40);1-2H3/t20-,26?,27?,30?,34?;/m1./s1. The quantitative estimate of drug-likeness (QED) is 0.143. The molecule has 2 aliphatic carbocycles. The van der Waals surface area contributed by atoms with Crippen molar-refractivity contribution in [3.63, 3.8) is 0 Å². The Bertz CT molecular complexity index is 1550. The monoisotopic (exact) mass is 643 g/mol. The number of piperidine rings is 1. The van der Waals surface area contributed by atoms with Crippen molar-refractivity contribution in [1.29, 1.82) is 5.26 Å². The van der Waals surface area contributed by atoms with E-state index < -0.39 is 12.1 Å². The molecule has 5 N–H and O–H groups in total. The predicted molar refractivity (Wildman–Crippen MR) is 183 cm³/mol. The molecule has 2 amide bonds. The van der Waals surface area contributed by atoms with Crippen molar-refractivity contribution in [2.75, 3.05) is 34.5 Å². The van der Waals surface area contributed by atoms with Crippen molar-refractivity contribution in [1.82, 2.24) is 26.3 Å². The fourth-order valence-corrected chi connectivity index (χ4v) is 7.25. The number of hydrogen-bond donors (Lipinski definition) is 5. The molecule has 0 spiro atoms. The highest BCUT2D eigenvalue weighted by Crippen LogP contribution is 2.48. The molecule has 0 radical (unpaired) electrons. The Morgan fingerprint density at radius 2 is 1.83 bits per heavy atom. The van der Waals surface area contributed by atoms with E-state index in [1.165, 1.54) is 7.11 Å². The zero-order chi connectivity index (χ0) is 34.3. The first-order valence-corrected chi connectivity index (χ1v) is 16.5. The molecule has 11 nitrogen and oxygen atoms in total. The van der Waals surface area contributed by atoms with Gasteiger partial charge in [-0.2, -0.15) is 5.26 Å². The summed E-state index contributed by atoms with van der Waals surface area (Å²) in [5.41, 5.74) is 8.15. The second kappa shape index (κ2) is 15.6. The number of hydroxylamine groups is 1. The van der Waals surface area contributed by atoms with Gasteiger partial charge in [-0.05, 0) is 91.0 Å². The molecular weight excluding hydrogens is 594 g/mol. The number of benzene rings is 2. The Morgan fingerprint density at radius 1 is 1.11 bits per heavy atom. The van der Waals surface area contributed by atoms with Crippen LogP contribution in [0.1, 0.15) is 78.2 Å². The van der Waals surface area contributed by atoms with Crippen LogP contribution in [0.2, 0.25) is 0 Å². The maximum absolute atomic E-state index is 13.4. The normalized spacial score (nSPS) is 23.0. The third-order valence-electron chi connectivity index (χ3n) is 9.53. The third kappa shape index (κ3) is 7.05. The summed E-state index contributed by atoms with van der Waals surface area (Å²) in [7, 11) is 4.93. The highest BCUT2D eigenvalue weighted by molar-refractivity contribution is 5.98. The van der Waals surface area contributed by atoms with Crippen LogP contribution < -0.4 is 21.4 Å². The predicted octanol–water partition coefficient (Wildman–Crippen LogP) is 3.03. The van der Waals surface area contributed by atoms with E-state index in [9.17, 15) is 20.0 Å². The van der Waals surface area contributed by atoms with Gasteiger partial charge in [0, 0.05) is 37.4 Å². The highest BCUT2D eigenvalue weighted by Gasteiger charge is 2.54. The molecular formula is C36H49N7O4. The van der Waals surface area contributed by atoms with E-state index >= 15 is 0 Å². The Kier molecular flexibility index (Phi) is 11.8. The van der Waals surface area contributed by atoms with E-state index in [-0.39, 0.29) is 36.5 Å². The summed E-state index contributed by atoms with van der Waals surface area (Å²) in [5, 5.41) is 29.1. The fraction of sp³-hybridized carbons (Fsp3) is 0.500. The summed E-state index contributed by atoms with van der Waals surface area (Å²) in [6, 6.07) is 13.8. The number of amides is 2. The minimum atomic E-state index is -0.981. The number of aliphatic hydroxyl groups excluding tert-OH is 1. The third-order valence-corrected chi connectivity index (χ3v) is 9.53. The van der Waals surface area contributed by atoms with Crippen LogP contribution in [0.3, 0.4) is 0 Å². The van der Waals surface area contributed by atoms with Crippen LogP contribution in [0.5, 0.6) is 0 Å². The first-order valence-electron chi connectivity index (χ1n) is 16.5. The number of likely N-dealkylation sites (tertiary alicyclic amines) is 1. The zero-order valence-corrected chi connectivity index (χ0v) is 28.4. The van der Waals surface area contributed by atoms with Crippen LogP contribution in [0, 0.1) is 17.2 Å². The number of fused-ring (bicyclic) bond motifs is 3. The first kappa shape index (κ1) is 35.6. The van der Waals surface area contributed by atoms with Gasteiger partial charge in [0.15, 0.2) is 0 Å². The van der Waals surface area contributed by atoms with Gasteiger partial charge in [0.05, 0.1) is 25.1 Å². The van der Waals surface area contributed by atoms with Crippen molar-refractivity contribution in [3.8, 4) is 6.07 Å². The largest absolute Gasteiger partial charge is 0.388 e. The minimum Gasteiger partial charge on any atom is -0.388 e. The summed E-state index contributed by atoms with van der Waals surface area (Å²) in [6.45, 7) is 9.82. The molecule has 1 saturated heterocycles. The minimum absolute atomic E-state index is 0.0730. The van der Waals surface area contributed by atoms with Crippen molar-refractivity contribution in [3.05, 3.63) is 76.4 Å². The molecule has 2 fully saturated rings. The molecule has 0 bridgehead atoms. The molecule has 4 unspecified atom stereocenters. The number of nitrogens with one attached hydrogen (secondary N) is 4. The van der Waals surface area contributed by atoms with Crippen LogP contribution in [0.25, 0.3) is 5.70 Å². The Balaban J connectivity index is 0.00000245. The molecule has 0 aromatic heterocycles. The molecule has 1 aliphatic heterocycles. The van der Waals surface area contributed by atoms with Crippen molar-refractivity contribution in [2.45, 2.75) is 76.4 Å². The lowest BCUT2D eigenvalue weighted by Gasteiger charge is -2.40. The number of aliphatic hydroxyl groups is 1. The second-order valence-electron chi connectivity index (χ2n) is 12.1. The number of nitrogens with zero attached hydrogens (tertiary/aromatic N) is 3.